The van der Waals surface area contributed by atoms with Crippen molar-refractivity contribution >= 4 is 11.7 Å². The second-order valence-electron chi connectivity index (χ2n) is 3.21. The Morgan fingerprint density at radius 2 is 2.00 bits per heavy atom. The number of hydrogen-bond acceptors (Lipinski definition) is 2. The van der Waals surface area contributed by atoms with Gasteiger partial charge < -0.3 is 4.90 Å². The van der Waals surface area contributed by atoms with E-state index in [2.05, 4.69) is 0 Å². The Kier molecular flexibility index (Phi) is 1.98. The maximum absolute atomic E-state index is 11.1. The molecule has 1 unspecified atom stereocenters. The molecule has 0 N–H and O–H groups in total. The predicted octanol–water partition coefficient (Wildman–Crippen LogP) is 0.585. The largest absolute Gasteiger partial charge is 0.330 e. The summed E-state index contributed by atoms with van der Waals surface area (Å²) in [4.78, 5) is 23.8. The lowest BCUT2D eigenvalue weighted by Gasteiger charge is -2.24. The molecular weight excluding hydrogens is 142 g/mol. The Labute approximate surface area is 66.4 Å². The number of carbonyl (C=O) groups excluding carboxylic acids is 2. The zero-order chi connectivity index (χ0) is 8.59. The van der Waals surface area contributed by atoms with Crippen LogP contribution in [-0.2, 0) is 9.59 Å². The highest BCUT2D eigenvalue weighted by Crippen LogP contribution is 2.17. The molecule has 1 saturated heterocycles. The molecule has 1 amide bonds. The van der Waals surface area contributed by atoms with Crippen molar-refractivity contribution < 1.29 is 9.59 Å². The molecule has 62 valence electrons. The molecule has 1 aliphatic rings. The first-order valence-electron chi connectivity index (χ1n) is 3.88. The summed E-state index contributed by atoms with van der Waals surface area (Å²) in [6, 6.07) is -0.0635. The second kappa shape index (κ2) is 2.64. The van der Waals surface area contributed by atoms with Crippen LogP contribution in [0.3, 0.4) is 0 Å². The van der Waals surface area contributed by atoms with E-state index in [9.17, 15) is 9.59 Å². The van der Waals surface area contributed by atoms with Gasteiger partial charge in [-0.1, -0.05) is 0 Å². The first-order chi connectivity index (χ1) is 5.04. The van der Waals surface area contributed by atoms with Gasteiger partial charge >= 0.3 is 0 Å². The van der Waals surface area contributed by atoms with Crippen LogP contribution in [0.25, 0.3) is 0 Å². The first-order valence-corrected chi connectivity index (χ1v) is 3.88. The van der Waals surface area contributed by atoms with Crippen LogP contribution in [0, 0.1) is 0 Å². The molecule has 0 aliphatic carbocycles. The average Bonchev–Trinajstić information content (AvgIpc) is 2.07. The van der Waals surface area contributed by atoms with Crippen LogP contribution in [0.1, 0.15) is 27.2 Å². The van der Waals surface area contributed by atoms with Crippen molar-refractivity contribution in [2.45, 2.75) is 39.3 Å². The Hall–Kier alpha value is -0.860. The molecule has 1 atom stereocenters. The van der Waals surface area contributed by atoms with Crippen LogP contribution in [0.4, 0.5) is 0 Å². The number of Topliss-reactive ketones (excluding diaryl/α,β-unsaturated/α-hetero) is 1. The molecule has 1 fully saturated rings. The lowest BCUT2D eigenvalue weighted by molar-refractivity contribution is -0.130. The minimum atomic E-state index is -0.206. The van der Waals surface area contributed by atoms with Gasteiger partial charge in [-0.3, -0.25) is 9.59 Å². The van der Waals surface area contributed by atoms with Crippen molar-refractivity contribution in [1.29, 1.82) is 0 Å². The summed E-state index contributed by atoms with van der Waals surface area (Å²) < 4.78 is 0. The van der Waals surface area contributed by atoms with Gasteiger partial charge in [0.1, 0.15) is 0 Å². The quantitative estimate of drug-likeness (QED) is 0.519. The number of hydrogen-bond donors (Lipinski definition) is 0. The molecule has 1 aliphatic heterocycles. The molecule has 0 radical (unpaired) electrons. The average molecular weight is 155 g/mol. The SMILES string of the molecule is CC(C)N1C(=O)CC(=O)C1C. The fourth-order valence-corrected chi connectivity index (χ4v) is 1.49. The molecule has 0 saturated carbocycles. The fourth-order valence-electron chi connectivity index (χ4n) is 1.49. The van der Waals surface area contributed by atoms with E-state index in [0.717, 1.165) is 0 Å². The molecule has 0 spiro atoms. The molecule has 0 aromatic carbocycles. The molecule has 3 heteroatoms. The third kappa shape index (κ3) is 1.27. The zero-order valence-electron chi connectivity index (χ0n) is 7.13. The van der Waals surface area contributed by atoms with Crippen LogP contribution < -0.4 is 0 Å². The molecule has 0 aromatic heterocycles. The molecular formula is C8H13NO2. The number of likely N-dealkylation sites (tertiary alicyclic amines) is 1. The van der Waals surface area contributed by atoms with Crippen molar-refractivity contribution in [2.75, 3.05) is 0 Å². The minimum absolute atomic E-state index is 0.0301. The summed E-state index contributed by atoms with van der Waals surface area (Å²) in [6.45, 7) is 5.63. The summed E-state index contributed by atoms with van der Waals surface area (Å²) in [5, 5.41) is 0. The van der Waals surface area contributed by atoms with E-state index in [1.807, 2.05) is 13.8 Å². The van der Waals surface area contributed by atoms with Crippen LogP contribution in [0.15, 0.2) is 0 Å². The Balaban J connectivity index is 2.79. The third-order valence-corrected chi connectivity index (χ3v) is 2.05. The van der Waals surface area contributed by atoms with Crippen molar-refractivity contribution in [2.24, 2.45) is 0 Å². The molecule has 0 bridgehead atoms. The third-order valence-electron chi connectivity index (χ3n) is 2.05. The van der Waals surface area contributed by atoms with Crippen molar-refractivity contribution in [3.8, 4) is 0 Å². The van der Waals surface area contributed by atoms with Crippen LogP contribution in [0.5, 0.6) is 0 Å². The summed E-state index contributed by atoms with van der Waals surface area (Å²) in [6.07, 6.45) is 0.0966. The fraction of sp³-hybridized carbons (Fsp3) is 0.750. The Morgan fingerprint density at radius 1 is 1.45 bits per heavy atom. The lowest BCUT2D eigenvalue weighted by Crippen LogP contribution is -2.38. The normalized spacial score (nSPS) is 25.5. The van der Waals surface area contributed by atoms with E-state index in [4.69, 9.17) is 0 Å². The first kappa shape index (κ1) is 8.24. The smallest absolute Gasteiger partial charge is 0.230 e. The summed E-state index contributed by atoms with van der Waals surface area (Å²) >= 11 is 0. The Bertz CT molecular complexity index is 198. The van der Waals surface area contributed by atoms with E-state index in [0.29, 0.717) is 0 Å². The molecule has 3 nitrogen and oxygen atoms in total. The van der Waals surface area contributed by atoms with Gasteiger partial charge in [0.2, 0.25) is 5.91 Å². The van der Waals surface area contributed by atoms with Gasteiger partial charge in [-0.15, -0.1) is 0 Å². The standard InChI is InChI=1S/C8H13NO2/c1-5(2)9-6(3)7(10)4-8(9)11/h5-6H,4H2,1-3H3. The van der Waals surface area contributed by atoms with Gasteiger partial charge in [0.25, 0.3) is 0 Å². The van der Waals surface area contributed by atoms with E-state index < -0.39 is 0 Å². The van der Waals surface area contributed by atoms with E-state index in [1.54, 1.807) is 11.8 Å². The van der Waals surface area contributed by atoms with Crippen molar-refractivity contribution in [1.82, 2.24) is 4.90 Å². The van der Waals surface area contributed by atoms with E-state index in [-0.39, 0.29) is 30.2 Å². The van der Waals surface area contributed by atoms with Crippen LogP contribution >= 0.6 is 0 Å². The van der Waals surface area contributed by atoms with E-state index >= 15 is 0 Å². The highest BCUT2D eigenvalue weighted by molar-refractivity contribution is 6.07. The summed E-state index contributed by atoms with van der Waals surface area (Å²) in [7, 11) is 0. The summed E-state index contributed by atoms with van der Waals surface area (Å²) in [5.41, 5.74) is 0. The lowest BCUT2D eigenvalue weighted by atomic mass is 10.2. The van der Waals surface area contributed by atoms with Crippen molar-refractivity contribution in [3.05, 3.63) is 0 Å². The van der Waals surface area contributed by atoms with Gasteiger partial charge in [-0.25, -0.2) is 0 Å². The molecule has 11 heavy (non-hydrogen) atoms. The number of rotatable bonds is 1. The second-order valence-corrected chi connectivity index (χ2v) is 3.21. The Morgan fingerprint density at radius 3 is 2.18 bits per heavy atom. The van der Waals surface area contributed by atoms with E-state index in [1.165, 1.54) is 0 Å². The number of nitrogens with zero attached hydrogens (tertiary/aromatic N) is 1. The molecule has 0 aromatic rings. The maximum Gasteiger partial charge on any atom is 0.230 e. The van der Waals surface area contributed by atoms with Gasteiger partial charge in [0.15, 0.2) is 5.78 Å². The molecule has 1 rings (SSSR count). The number of carbonyl (C=O) groups is 2. The highest BCUT2D eigenvalue weighted by atomic mass is 16.2. The predicted molar refractivity (Wildman–Crippen MR) is 41.1 cm³/mol. The molecule has 1 heterocycles. The van der Waals surface area contributed by atoms with Gasteiger partial charge in [-0.05, 0) is 20.8 Å². The van der Waals surface area contributed by atoms with Gasteiger partial charge in [0.05, 0.1) is 12.5 Å². The highest BCUT2D eigenvalue weighted by Gasteiger charge is 2.36. The number of ketones is 1. The van der Waals surface area contributed by atoms with Crippen LogP contribution in [0.2, 0.25) is 0 Å². The maximum atomic E-state index is 11.1. The topological polar surface area (TPSA) is 37.4 Å². The zero-order valence-corrected chi connectivity index (χ0v) is 7.13. The monoisotopic (exact) mass is 155 g/mol. The minimum Gasteiger partial charge on any atom is -0.330 e. The van der Waals surface area contributed by atoms with Gasteiger partial charge in [-0.2, -0.15) is 0 Å². The van der Waals surface area contributed by atoms with Gasteiger partial charge in [0, 0.05) is 6.04 Å². The summed E-state index contributed by atoms with van der Waals surface area (Å²) in [5.74, 6) is 0.0150. The van der Waals surface area contributed by atoms with Crippen LogP contribution in [-0.4, -0.2) is 28.7 Å². The number of amides is 1. The van der Waals surface area contributed by atoms with Crippen molar-refractivity contribution in [3.63, 3.8) is 0 Å².